The summed E-state index contributed by atoms with van der Waals surface area (Å²) >= 11 is 0. The van der Waals surface area contributed by atoms with Crippen molar-refractivity contribution in [2.24, 2.45) is 5.73 Å². The SMILES string of the molecule is Cc1cc(CN2CCN(CCN)CC2)on1. The predicted octanol–water partition coefficient (Wildman–Crippen LogP) is 0.0593. The molecule has 5 heteroatoms. The van der Waals surface area contributed by atoms with Gasteiger partial charge in [-0.1, -0.05) is 5.16 Å². The van der Waals surface area contributed by atoms with Crippen LogP contribution in [0.1, 0.15) is 11.5 Å². The van der Waals surface area contributed by atoms with E-state index >= 15 is 0 Å². The van der Waals surface area contributed by atoms with Crippen LogP contribution in [-0.4, -0.2) is 54.2 Å². The molecule has 1 aliphatic rings. The third-order valence-electron chi connectivity index (χ3n) is 2.97. The lowest BCUT2D eigenvalue weighted by Gasteiger charge is -2.33. The number of nitrogens with two attached hydrogens (primary N) is 1. The quantitative estimate of drug-likeness (QED) is 0.783. The minimum Gasteiger partial charge on any atom is -0.360 e. The zero-order valence-corrected chi connectivity index (χ0v) is 9.85. The lowest BCUT2D eigenvalue weighted by atomic mass is 10.3. The molecular weight excluding hydrogens is 204 g/mol. The first-order chi connectivity index (χ1) is 7.78. The topological polar surface area (TPSA) is 58.5 Å². The number of hydrogen-bond acceptors (Lipinski definition) is 5. The van der Waals surface area contributed by atoms with Crippen LogP contribution in [0.5, 0.6) is 0 Å². The normalized spacial score (nSPS) is 19.1. The Labute approximate surface area is 96.2 Å². The fourth-order valence-electron chi connectivity index (χ4n) is 2.06. The highest BCUT2D eigenvalue weighted by atomic mass is 16.5. The average Bonchev–Trinajstić information content (AvgIpc) is 2.67. The van der Waals surface area contributed by atoms with Crippen molar-refractivity contribution in [3.8, 4) is 0 Å². The fraction of sp³-hybridized carbons (Fsp3) is 0.727. The maximum atomic E-state index is 5.54. The van der Waals surface area contributed by atoms with Crippen LogP contribution in [0.25, 0.3) is 0 Å². The van der Waals surface area contributed by atoms with Gasteiger partial charge in [0, 0.05) is 45.3 Å². The highest BCUT2D eigenvalue weighted by Gasteiger charge is 2.17. The molecule has 2 N–H and O–H groups in total. The zero-order valence-electron chi connectivity index (χ0n) is 9.85. The number of hydrogen-bond donors (Lipinski definition) is 1. The molecular formula is C11H20N4O. The molecule has 1 saturated heterocycles. The van der Waals surface area contributed by atoms with Gasteiger partial charge in [0.2, 0.25) is 0 Å². The summed E-state index contributed by atoms with van der Waals surface area (Å²) in [5, 5.41) is 3.90. The molecule has 5 nitrogen and oxygen atoms in total. The van der Waals surface area contributed by atoms with Gasteiger partial charge in [0.1, 0.15) is 0 Å². The molecule has 2 rings (SSSR count). The van der Waals surface area contributed by atoms with Crippen LogP contribution < -0.4 is 5.73 Å². The van der Waals surface area contributed by atoms with E-state index in [9.17, 15) is 0 Å². The van der Waals surface area contributed by atoms with E-state index in [1.54, 1.807) is 0 Å². The summed E-state index contributed by atoms with van der Waals surface area (Å²) in [6.07, 6.45) is 0. The van der Waals surface area contributed by atoms with Crippen molar-refractivity contribution < 1.29 is 4.52 Å². The second-order valence-corrected chi connectivity index (χ2v) is 4.34. The van der Waals surface area contributed by atoms with Crippen LogP contribution in [0.15, 0.2) is 10.6 Å². The molecule has 1 fully saturated rings. The molecule has 2 heterocycles. The molecule has 1 aromatic rings. The van der Waals surface area contributed by atoms with Crippen molar-refractivity contribution in [3.63, 3.8) is 0 Å². The Morgan fingerprint density at radius 2 is 2.00 bits per heavy atom. The Morgan fingerprint density at radius 1 is 1.31 bits per heavy atom. The highest BCUT2D eigenvalue weighted by molar-refractivity contribution is 5.02. The standard InChI is InChI=1S/C11H20N4O/c1-10-8-11(16-13-10)9-15-6-4-14(3-2-12)5-7-15/h8H,2-7,9,12H2,1H3. The third kappa shape index (κ3) is 3.04. The van der Waals surface area contributed by atoms with Gasteiger partial charge in [0.15, 0.2) is 5.76 Å². The van der Waals surface area contributed by atoms with E-state index in [-0.39, 0.29) is 0 Å². The number of nitrogens with zero attached hydrogens (tertiary/aromatic N) is 3. The Bertz CT molecular complexity index is 318. The summed E-state index contributed by atoms with van der Waals surface area (Å²) in [4.78, 5) is 4.80. The number of rotatable bonds is 4. The second kappa shape index (κ2) is 5.43. The molecule has 0 aromatic carbocycles. The molecule has 0 saturated carbocycles. The van der Waals surface area contributed by atoms with Gasteiger partial charge in [-0.15, -0.1) is 0 Å². The molecule has 0 amide bonds. The smallest absolute Gasteiger partial charge is 0.150 e. The van der Waals surface area contributed by atoms with Crippen molar-refractivity contribution in [1.82, 2.24) is 15.0 Å². The average molecular weight is 224 g/mol. The maximum Gasteiger partial charge on any atom is 0.150 e. The van der Waals surface area contributed by atoms with Crippen LogP contribution in [0, 0.1) is 6.92 Å². The molecule has 0 aliphatic carbocycles. The summed E-state index contributed by atoms with van der Waals surface area (Å²) < 4.78 is 5.22. The first-order valence-electron chi connectivity index (χ1n) is 5.85. The van der Waals surface area contributed by atoms with Crippen LogP contribution in [0.2, 0.25) is 0 Å². The Hall–Kier alpha value is -0.910. The van der Waals surface area contributed by atoms with E-state index in [2.05, 4.69) is 15.0 Å². The molecule has 16 heavy (non-hydrogen) atoms. The van der Waals surface area contributed by atoms with Crippen molar-refractivity contribution in [3.05, 3.63) is 17.5 Å². The van der Waals surface area contributed by atoms with E-state index in [4.69, 9.17) is 10.3 Å². The molecule has 90 valence electrons. The lowest BCUT2D eigenvalue weighted by molar-refractivity contribution is 0.121. The Kier molecular flexibility index (Phi) is 3.93. The predicted molar refractivity (Wildman–Crippen MR) is 62.0 cm³/mol. The summed E-state index contributed by atoms with van der Waals surface area (Å²) in [7, 11) is 0. The number of aromatic nitrogens is 1. The van der Waals surface area contributed by atoms with Crippen molar-refractivity contribution in [1.29, 1.82) is 0 Å². The van der Waals surface area contributed by atoms with E-state index in [1.807, 2.05) is 13.0 Å². The van der Waals surface area contributed by atoms with E-state index in [1.165, 1.54) is 0 Å². The van der Waals surface area contributed by atoms with E-state index < -0.39 is 0 Å². The van der Waals surface area contributed by atoms with Gasteiger partial charge >= 0.3 is 0 Å². The summed E-state index contributed by atoms with van der Waals surface area (Å²) in [5.41, 5.74) is 6.50. The van der Waals surface area contributed by atoms with Crippen LogP contribution in [0.4, 0.5) is 0 Å². The van der Waals surface area contributed by atoms with Crippen LogP contribution in [-0.2, 0) is 6.54 Å². The molecule has 0 unspecified atom stereocenters. The molecule has 1 aromatic heterocycles. The van der Waals surface area contributed by atoms with Crippen molar-refractivity contribution in [2.45, 2.75) is 13.5 Å². The second-order valence-electron chi connectivity index (χ2n) is 4.34. The summed E-state index contributed by atoms with van der Waals surface area (Å²) in [5.74, 6) is 0.963. The molecule has 1 aliphatic heterocycles. The maximum absolute atomic E-state index is 5.54. The lowest BCUT2D eigenvalue weighted by Crippen LogP contribution is -2.47. The Morgan fingerprint density at radius 3 is 2.56 bits per heavy atom. The van der Waals surface area contributed by atoms with Gasteiger partial charge in [-0.2, -0.15) is 0 Å². The molecule has 0 spiro atoms. The monoisotopic (exact) mass is 224 g/mol. The Balaban J connectivity index is 1.77. The van der Waals surface area contributed by atoms with Gasteiger partial charge in [-0.05, 0) is 6.92 Å². The van der Waals surface area contributed by atoms with Crippen molar-refractivity contribution in [2.75, 3.05) is 39.3 Å². The first-order valence-corrected chi connectivity index (χ1v) is 5.85. The highest BCUT2D eigenvalue weighted by Crippen LogP contribution is 2.09. The summed E-state index contributed by atoms with van der Waals surface area (Å²) in [6.45, 7) is 8.95. The van der Waals surface area contributed by atoms with E-state index in [0.717, 1.165) is 57.3 Å². The largest absolute Gasteiger partial charge is 0.360 e. The minimum absolute atomic E-state index is 0.751. The van der Waals surface area contributed by atoms with E-state index in [0.29, 0.717) is 0 Å². The fourth-order valence-corrected chi connectivity index (χ4v) is 2.06. The van der Waals surface area contributed by atoms with Gasteiger partial charge in [-0.25, -0.2) is 0 Å². The van der Waals surface area contributed by atoms with Crippen LogP contribution in [0.3, 0.4) is 0 Å². The molecule has 0 bridgehead atoms. The van der Waals surface area contributed by atoms with Crippen molar-refractivity contribution >= 4 is 0 Å². The van der Waals surface area contributed by atoms with Gasteiger partial charge < -0.3 is 10.3 Å². The number of aryl methyl sites for hydroxylation is 1. The minimum atomic E-state index is 0.751. The first kappa shape index (κ1) is 11.6. The number of piperazine rings is 1. The third-order valence-corrected chi connectivity index (χ3v) is 2.97. The van der Waals surface area contributed by atoms with Gasteiger partial charge in [0.05, 0.1) is 12.2 Å². The van der Waals surface area contributed by atoms with Gasteiger partial charge in [-0.3, -0.25) is 9.80 Å². The summed E-state index contributed by atoms with van der Waals surface area (Å²) in [6, 6.07) is 2.01. The van der Waals surface area contributed by atoms with Crippen LogP contribution >= 0.6 is 0 Å². The zero-order chi connectivity index (χ0) is 11.4. The molecule has 0 radical (unpaired) electrons. The van der Waals surface area contributed by atoms with Gasteiger partial charge in [0.25, 0.3) is 0 Å². The molecule has 0 atom stereocenters.